The predicted octanol–water partition coefficient (Wildman–Crippen LogP) is 5.35. The van der Waals surface area contributed by atoms with Gasteiger partial charge < -0.3 is 10.1 Å². The number of hydrogen-bond donors (Lipinski definition) is 1. The first kappa shape index (κ1) is 18.1. The van der Waals surface area contributed by atoms with Crippen LogP contribution in [0.15, 0.2) is 72.8 Å². The summed E-state index contributed by atoms with van der Waals surface area (Å²) < 4.78 is 5.46. The van der Waals surface area contributed by atoms with Crippen LogP contribution < -0.4 is 10.1 Å². The lowest BCUT2D eigenvalue weighted by atomic mass is 9.89. The number of methoxy groups -OCH3 is 1. The zero-order valence-electron chi connectivity index (χ0n) is 16.2. The lowest BCUT2D eigenvalue weighted by molar-refractivity contribution is -0.118. The van der Waals surface area contributed by atoms with Crippen molar-refractivity contribution in [3.63, 3.8) is 0 Å². The Hall–Kier alpha value is -3.33. The van der Waals surface area contributed by atoms with Crippen molar-refractivity contribution in [1.29, 1.82) is 0 Å². The molecule has 4 aromatic carbocycles. The topological polar surface area (TPSA) is 38.3 Å². The monoisotopic (exact) mass is 369 g/mol. The minimum absolute atomic E-state index is 0.00307. The molecule has 0 aliphatic rings. The maximum Gasteiger partial charge on any atom is 0.216 e. The van der Waals surface area contributed by atoms with E-state index in [1.807, 2.05) is 6.07 Å². The number of ether oxygens (including phenoxy) is 1. The fraction of sp³-hybridized carbons (Fsp3) is 0.160. The highest BCUT2D eigenvalue weighted by molar-refractivity contribution is 6.01. The molecule has 0 heterocycles. The molecular weight excluding hydrogens is 346 g/mol. The van der Waals surface area contributed by atoms with Crippen LogP contribution in [0.25, 0.3) is 32.7 Å². The molecule has 0 aliphatic carbocycles. The Labute approximate surface area is 165 Å². The molecule has 4 aromatic rings. The number of nitrogens with one attached hydrogen (secondary N) is 1. The van der Waals surface area contributed by atoms with E-state index in [4.69, 9.17) is 4.74 Å². The van der Waals surface area contributed by atoms with Crippen LogP contribution >= 0.6 is 0 Å². The van der Waals surface area contributed by atoms with E-state index in [1.165, 1.54) is 32.8 Å². The molecule has 0 bridgehead atoms. The van der Waals surface area contributed by atoms with Gasteiger partial charge in [0.2, 0.25) is 5.91 Å². The van der Waals surface area contributed by atoms with Crippen LogP contribution in [0.3, 0.4) is 0 Å². The van der Waals surface area contributed by atoms with Gasteiger partial charge in [-0.15, -0.1) is 0 Å². The van der Waals surface area contributed by atoms with Gasteiger partial charge in [-0.2, -0.15) is 0 Å². The number of amides is 1. The Morgan fingerprint density at radius 1 is 0.857 bits per heavy atom. The van der Waals surface area contributed by atoms with E-state index in [-0.39, 0.29) is 5.91 Å². The number of benzene rings is 4. The molecule has 4 rings (SSSR count). The zero-order valence-corrected chi connectivity index (χ0v) is 16.2. The summed E-state index contributed by atoms with van der Waals surface area (Å²) in [6.45, 7) is 2.17. The van der Waals surface area contributed by atoms with E-state index in [1.54, 1.807) is 14.0 Å². The highest BCUT2D eigenvalue weighted by Gasteiger charge is 2.13. The summed E-state index contributed by atoms with van der Waals surface area (Å²) in [4.78, 5) is 11.4. The summed E-state index contributed by atoms with van der Waals surface area (Å²) >= 11 is 0. The van der Waals surface area contributed by atoms with Gasteiger partial charge in [-0.05, 0) is 56.8 Å². The van der Waals surface area contributed by atoms with Crippen molar-refractivity contribution in [2.24, 2.45) is 0 Å². The molecule has 0 radical (unpaired) electrons. The Morgan fingerprint density at radius 3 is 2.43 bits per heavy atom. The van der Waals surface area contributed by atoms with E-state index in [0.29, 0.717) is 6.54 Å². The van der Waals surface area contributed by atoms with Crippen LogP contribution in [0.2, 0.25) is 0 Å². The van der Waals surface area contributed by atoms with Gasteiger partial charge >= 0.3 is 0 Å². The molecule has 0 aliphatic heterocycles. The Kier molecular flexibility index (Phi) is 4.98. The Bertz CT molecular complexity index is 1160. The van der Waals surface area contributed by atoms with E-state index >= 15 is 0 Å². The second kappa shape index (κ2) is 7.73. The van der Waals surface area contributed by atoms with Gasteiger partial charge in [0, 0.05) is 13.5 Å². The highest BCUT2D eigenvalue weighted by Crippen LogP contribution is 2.36. The van der Waals surface area contributed by atoms with Crippen molar-refractivity contribution in [1.82, 2.24) is 5.32 Å². The molecule has 0 atom stereocenters. The number of fused-ring (bicyclic) bond motifs is 2. The SMILES string of the molecule is COc1ccc2cccc(-c3ccc4ccccc4c3CCNC(C)=O)c2c1. The lowest BCUT2D eigenvalue weighted by Gasteiger charge is -2.16. The van der Waals surface area contributed by atoms with Crippen molar-refractivity contribution in [2.75, 3.05) is 13.7 Å². The minimum atomic E-state index is -0.00307. The molecule has 1 N–H and O–H groups in total. The van der Waals surface area contributed by atoms with Gasteiger partial charge in [0.15, 0.2) is 0 Å². The van der Waals surface area contributed by atoms with Gasteiger partial charge in [0.05, 0.1) is 7.11 Å². The molecule has 0 spiro atoms. The third-order valence-corrected chi connectivity index (χ3v) is 5.17. The van der Waals surface area contributed by atoms with Gasteiger partial charge in [-0.1, -0.05) is 60.7 Å². The summed E-state index contributed by atoms with van der Waals surface area (Å²) in [5, 5.41) is 7.72. The number of carbonyl (C=O) groups excluding carboxylic acids is 1. The number of carbonyl (C=O) groups is 1. The van der Waals surface area contributed by atoms with Gasteiger partial charge in [0.1, 0.15) is 5.75 Å². The molecular formula is C25H23NO2. The van der Waals surface area contributed by atoms with Crippen molar-refractivity contribution in [3.05, 3.63) is 78.4 Å². The second-order valence-electron chi connectivity index (χ2n) is 6.94. The first-order valence-electron chi connectivity index (χ1n) is 9.49. The van der Waals surface area contributed by atoms with Gasteiger partial charge in [-0.25, -0.2) is 0 Å². The fourth-order valence-electron chi connectivity index (χ4n) is 3.83. The molecule has 0 unspecified atom stereocenters. The lowest BCUT2D eigenvalue weighted by Crippen LogP contribution is -2.22. The minimum Gasteiger partial charge on any atom is -0.497 e. The average Bonchev–Trinajstić information content (AvgIpc) is 2.73. The summed E-state index contributed by atoms with van der Waals surface area (Å²) in [6, 6.07) is 25.3. The molecule has 1 amide bonds. The van der Waals surface area contributed by atoms with Crippen LogP contribution in [-0.4, -0.2) is 19.6 Å². The van der Waals surface area contributed by atoms with E-state index in [9.17, 15) is 4.79 Å². The zero-order chi connectivity index (χ0) is 19.5. The predicted molar refractivity (Wildman–Crippen MR) is 116 cm³/mol. The third-order valence-electron chi connectivity index (χ3n) is 5.17. The summed E-state index contributed by atoms with van der Waals surface area (Å²) in [5.41, 5.74) is 3.63. The molecule has 0 fully saturated rings. The van der Waals surface area contributed by atoms with Crippen molar-refractivity contribution >= 4 is 27.5 Å². The largest absolute Gasteiger partial charge is 0.497 e. The molecule has 28 heavy (non-hydrogen) atoms. The molecule has 0 saturated carbocycles. The van der Waals surface area contributed by atoms with Gasteiger partial charge in [0.25, 0.3) is 0 Å². The van der Waals surface area contributed by atoms with Crippen molar-refractivity contribution in [2.45, 2.75) is 13.3 Å². The average molecular weight is 369 g/mol. The van der Waals surface area contributed by atoms with E-state index < -0.39 is 0 Å². The summed E-state index contributed by atoms with van der Waals surface area (Å²) in [5.74, 6) is 0.845. The highest BCUT2D eigenvalue weighted by atomic mass is 16.5. The first-order valence-corrected chi connectivity index (χ1v) is 9.49. The molecule has 3 heteroatoms. The van der Waals surface area contributed by atoms with Crippen LogP contribution in [0, 0.1) is 0 Å². The van der Waals surface area contributed by atoms with Crippen LogP contribution in [-0.2, 0) is 11.2 Å². The van der Waals surface area contributed by atoms with E-state index in [2.05, 4.69) is 72.0 Å². The Morgan fingerprint density at radius 2 is 1.61 bits per heavy atom. The quantitative estimate of drug-likeness (QED) is 0.515. The van der Waals surface area contributed by atoms with E-state index in [0.717, 1.165) is 17.6 Å². The smallest absolute Gasteiger partial charge is 0.216 e. The molecule has 3 nitrogen and oxygen atoms in total. The van der Waals surface area contributed by atoms with Crippen LogP contribution in [0.4, 0.5) is 0 Å². The van der Waals surface area contributed by atoms with Crippen molar-refractivity contribution in [3.8, 4) is 16.9 Å². The first-order chi connectivity index (χ1) is 13.7. The molecule has 0 saturated heterocycles. The van der Waals surface area contributed by atoms with Crippen LogP contribution in [0.5, 0.6) is 5.75 Å². The fourth-order valence-corrected chi connectivity index (χ4v) is 3.83. The Balaban J connectivity index is 1.93. The maximum absolute atomic E-state index is 11.4. The summed E-state index contributed by atoms with van der Waals surface area (Å²) in [7, 11) is 1.69. The third kappa shape index (κ3) is 3.44. The van der Waals surface area contributed by atoms with Gasteiger partial charge in [-0.3, -0.25) is 4.79 Å². The maximum atomic E-state index is 11.4. The molecule has 140 valence electrons. The van der Waals surface area contributed by atoms with Crippen molar-refractivity contribution < 1.29 is 9.53 Å². The standard InChI is InChI=1S/C25H23NO2/c1-17(27)26-15-14-24-21-8-4-3-6-18(21)11-13-23(24)22-9-5-7-19-10-12-20(28-2)16-25(19)22/h3-13,16H,14-15H2,1-2H3,(H,26,27). The number of hydrogen-bond acceptors (Lipinski definition) is 2. The number of rotatable bonds is 5. The second-order valence-corrected chi connectivity index (χ2v) is 6.94. The summed E-state index contributed by atoms with van der Waals surface area (Å²) in [6.07, 6.45) is 0.774. The van der Waals surface area contributed by atoms with Crippen LogP contribution in [0.1, 0.15) is 12.5 Å². The normalized spacial score (nSPS) is 10.9. The molecule has 0 aromatic heterocycles.